The highest BCUT2D eigenvalue weighted by molar-refractivity contribution is 14.1. The van der Waals surface area contributed by atoms with E-state index in [2.05, 4.69) is 27.9 Å². The van der Waals surface area contributed by atoms with Crippen LogP contribution in [-0.4, -0.2) is 42.2 Å². The van der Waals surface area contributed by atoms with Crippen LogP contribution in [0.1, 0.15) is 10.4 Å². The lowest BCUT2D eigenvalue weighted by molar-refractivity contribution is 0.0669. The van der Waals surface area contributed by atoms with Crippen molar-refractivity contribution >= 4 is 45.8 Å². The first-order valence-corrected chi connectivity index (χ1v) is 7.09. The van der Waals surface area contributed by atoms with E-state index in [1.54, 1.807) is 12.1 Å². The predicted molar refractivity (Wildman–Crippen MR) is 81.6 cm³/mol. The maximum Gasteiger partial charge on any atom is 0.257 e. The molecule has 0 atom stereocenters. The van der Waals surface area contributed by atoms with Gasteiger partial charge in [0.25, 0.3) is 5.91 Å². The first-order chi connectivity index (χ1) is 8.66. The predicted octanol–water partition coefficient (Wildman–Crippen LogP) is 1.64. The summed E-state index contributed by atoms with van der Waals surface area (Å²) < 4.78 is 6.33. The van der Waals surface area contributed by atoms with Gasteiger partial charge in [0.2, 0.25) is 0 Å². The van der Waals surface area contributed by atoms with Crippen molar-refractivity contribution in [3.63, 3.8) is 0 Å². The topological polar surface area (TPSA) is 41.6 Å². The highest BCUT2D eigenvalue weighted by Crippen LogP contribution is 2.07. The summed E-state index contributed by atoms with van der Waals surface area (Å²) in [6.45, 7) is 2.76. The molecule has 1 aromatic carbocycles. The number of ether oxygens (including phenoxy) is 1. The summed E-state index contributed by atoms with van der Waals surface area (Å²) in [5.74, 6) is -0.164. The minimum Gasteiger partial charge on any atom is -0.378 e. The molecule has 1 saturated heterocycles. The number of nitrogens with zero attached hydrogens (tertiary/aromatic N) is 1. The summed E-state index contributed by atoms with van der Waals surface area (Å²) >= 11 is 7.41. The lowest BCUT2D eigenvalue weighted by Gasteiger charge is -2.28. The molecule has 0 unspecified atom stereocenters. The first kappa shape index (κ1) is 13.7. The van der Waals surface area contributed by atoms with Gasteiger partial charge in [-0.1, -0.05) is 0 Å². The van der Waals surface area contributed by atoms with Gasteiger partial charge in [0, 0.05) is 22.2 Å². The summed E-state index contributed by atoms with van der Waals surface area (Å²) in [5, 5.41) is 3.22. The molecule has 4 nitrogen and oxygen atoms in total. The van der Waals surface area contributed by atoms with Crippen LogP contribution in [0.2, 0.25) is 0 Å². The van der Waals surface area contributed by atoms with Gasteiger partial charge in [-0.15, -0.1) is 0 Å². The monoisotopic (exact) mass is 376 g/mol. The van der Waals surface area contributed by atoms with Gasteiger partial charge in [0.1, 0.15) is 0 Å². The normalized spacial score (nSPS) is 15.3. The Hall–Kier alpha value is -0.730. The van der Waals surface area contributed by atoms with Gasteiger partial charge in [-0.25, -0.2) is 0 Å². The lowest BCUT2D eigenvalue weighted by Crippen LogP contribution is -2.47. The molecule has 1 amide bonds. The fraction of sp³-hybridized carbons (Fsp3) is 0.333. The van der Waals surface area contributed by atoms with Gasteiger partial charge in [-0.2, -0.15) is 0 Å². The van der Waals surface area contributed by atoms with Crippen LogP contribution in [0.3, 0.4) is 0 Å². The number of nitrogens with one attached hydrogen (secondary N) is 1. The summed E-state index contributed by atoms with van der Waals surface area (Å²) in [4.78, 5) is 13.9. The van der Waals surface area contributed by atoms with E-state index >= 15 is 0 Å². The van der Waals surface area contributed by atoms with Crippen molar-refractivity contribution in [1.82, 2.24) is 10.2 Å². The third-order valence-corrected chi connectivity index (χ3v) is 3.70. The quantitative estimate of drug-likeness (QED) is 0.598. The Morgan fingerprint density at radius 2 is 1.89 bits per heavy atom. The Bertz CT molecular complexity index is 444. The first-order valence-electron chi connectivity index (χ1n) is 5.60. The Balaban J connectivity index is 1.94. The minimum absolute atomic E-state index is 0.164. The van der Waals surface area contributed by atoms with Crippen molar-refractivity contribution in [2.24, 2.45) is 0 Å². The van der Waals surface area contributed by atoms with Gasteiger partial charge in [-0.05, 0) is 59.1 Å². The number of amides is 1. The van der Waals surface area contributed by atoms with Gasteiger partial charge < -0.3 is 9.64 Å². The maximum absolute atomic E-state index is 12.0. The second-order valence-electron chi connectivity index (χ2n) is 3.87. The van der Waals surface area contributed by atoms with Gasteiger partial charge in [0.05, 0.1) is 13.2 Å². The fourth-order valence-corrected chi connectivity index (χ4v) is 2.25. The van der Waals surface area contributed by atoms with Crippen LogP contribution in [0.15, 0.2) is 24.3 Å². The number of carbonyl (C=O) groups is 1. The Kier molecular flexibility index (Phi) is 4.90. The molecule has 1 heterocycles. The number of morpholine rings is 1. The smallest absolute Gasteiger partial charge is 0.257 e. The molecule has 2 rings (SSSR count). The SMILES string of the molecule is O=C(NC(=S)N1CCOCC1)c1ccc(I)cc1. The van der Waals surface area contributed by atoms with Crippen LogP contribution < -0.4 is 5.32 Å². The molecule has 1 N–H and O–H groups in total. The van der Waals surface area contributed by atoms with E-state index in [0.717, 1.165) is 16.7 Å². The number of benzene rings is 1. The Labute approximate surface area is 125 Å². The summed E-state index contributed by atoms with van der Waals surface area (Å²) in [6, 6.07) is 7.37. The summed E-state index contributed by atoms with van der Waals surface area (Å²) in [7, 11) is 0. The van der Waals surface area contributed by atoms with Crippen molar-refractivity contribution in [3.05, 3.63) is 33.4 Å². The number of hydrogen-bond donors (Lipinski definition) is 1. The van der Waals surface area contributed by atoms with Crippen LogP contribution in [-0.2, 0) is 4.74 Å². The number of hydrogen-bond acceptors (Lipinski definition) is 3. The summed E-state index contributed by atoms with van der Waals surface area (Å²) in [6.07, 6.45) is 0. The molecule has 1 aromatic rings. The average molecular weight is 376 g/mol. The molecule has 0 aliphatic carbocycles. The highest BCUT2D eigenvalue weighted by Gasteiger charge is 2.16. The number of thiocarbonyl (C=S) groups is 1. The molecule has 96 valence electrons. The molecule has 1 aliphatic heterocycles. The molecule has 0 saturated carbocycles. The molecule has 1 fully saturated rings. The zero-order valence-corrected chi connectivity index (χ0v) is 12.7. The van der Waals surface area contributed by atoms with Crippen molar-refractivity contribution in [2.75, 3.05) is 26.3 Å². The second kappa shape index (κ2) is 6.44. The van der Waals surface area contributed by atoms with E-state index in [-0.39, 0.29) is 5.91 Å². The Morgan fingerprint density at radius 3 is 2.50 bits per heavy atom. The van der Waals surface area contributed by atoms with Crippen molar-refractivity contribution in [2.45, 2.75) is 0 Å². The third kappa shape index (κ3) is 3.63. The molecule has 0 bridgehead atoms. The zero-order chi connectivity index (χ0) is 13.0. The van der Waals surface area contributed by atoms with Crippen LogP contribution in [0.25, 0.3) is 0 Å². The third-order valence-electron chi connectivity index (χ3n) is 2.63. The fourth-order valence-electron chi connectivity index (χ4n) is 1.62. The Morgan fingerprint density at radius 1 is 1.28 bits per heavy atom. The minimum atomic E-state index is -0.164. The van der Waals surface area contributed by atoms with Crippen LogP contribution in [0.4, 0.5) is 0 Å². The molecule has 0 spiro atoms. The summed E-state index contributed by atoms with van der Waals surface area (Å²) in [5.41, 5.74) is 0.617. The molecular weight excluding hydrogens is 363 g/mol. The van der Waals surface area contributed by atoms with Crippen molar-refractivity contribution in [1.29, 1.82) is 0 Å². The van der Waals surface area contributed by atoms with Gasteiger partial charge in [-0.3, -0.25) is 10.1 Å². The second-order valence-corrected chi connectivity index (χ2v) is 5.50. The van der Waals surface area contributed by atoms with Crippen molar-refractivity contribution < 1.29 is 9.53 Å². The molecule has 6 heteroatoms. The number of rotatable bonds is 1. The van der Waals surface area contributed by atoms with E-state index in [4.69, 9.17) is 17.0 Å². The maximum atomic E-state index is 12.0. The standard InChI is InChI=1S/C12H13IN2O2S/c13-10-3-1-9(2-4-10)11(16)14-12(18)15-5-7-17-8-6-15/h1-4H,5-8H2,(H,14,16,18). The van der Waals surface area contributed by atoms with E-state index in [0.29, 0.717) is 23.9 Å². The van der Waals surface area contributed by atoms with Crippen LogP contribution in [0, 0.1) is 3.57 Å². The van der Waals surface area contributed by atoms with Gasteiger partial charge >= 0.3 is 0 Å². The van der Waals surface area contributed by atoms with E-state index in [1.165, 1.54) is 0 Å². The highest BCUT2D eigenvalue weighted by atomic mass is 127. The van der Waals surface area contributed by atoms with Crippen molar-refractivity contribution in [3.8, 4) is 0 Å². The lowest BCUT2D eigenvalue weighted by atomic mass is 10.2. The largest absolute Gasteiger partial charge is 0.378 e. The van der Waals surface area contributed by atoms with E-state index in [9.17, 15) is 4.79 Å². The number of carbonyl (C=O) groups excluding carboxylic acids is 1. The molecule has 18 heavy (non-hydrogen) atoms. The molecule has 0 aromatic heterocycles. The zero-order valence-electron chi connectivity index (χ0n) is 9.69. The van der Waals surface area contributed by atoms with E-state index < -0.39 is 0 Å². The average Bonchev–Trinajstić information content (AvgIpc) is 2.40. The van der Waals surface area contributed by atoms with Crippen LogP contribution in [0.5, 0.6) is 0 Å². The molecule has 1 aliphatic rings. The van der Waals surface area contributed by atoms with E-state index in [1.807, 2.05) is 17.0 Å². The number of halogens is 1. The molecular formula is C12H13IN2O2S. The van der Waals surface area contributed by atoms with Crippen LogP contribution >= 0.6 is 34.8 Å². The molecule has 0 radical (unpaired) electrons. The van der Waals surface area contributed by atoms with Gasteiger partial charge in [0.15, 0.2) is 5.11 Å².